The molecule has 1 amide bonds. The first-order valence-electron chi connectivity index (χ1n) is 8.03. The minimum Gasteiger partial charge on any atom is -0.466 e. The smallest absolute Gasteiger partial charge is 0.306 e. The summed E-state index contributed by atoms with van der Waals surface area (Å²) in [7, 11) is 0. The van der Waals surface area contributed by atoms with Gasteiger partial charge in [-0.15, -0.1) is 12.4 Å². The second kappa shape index (κ2) is 10.3. The molecule has 0 aliphatic carbocycles. The van der Waals surface area contributed by atoms with E-state index in [4.69, 9.17) is 15.2 Å². The van der Waals surface area contributed by atoms with Crippen LogP contribution in [0.2, 0.25) is 0 Å². The maximum atomic E-state index is 12.1. The van der Waals surface area contributed by atoms with Crippen molar-refractivity contribution in [3.05, 3.63) is 29.8 Å². The first-order chi connectivity index (χ1) is 11.1. The number of halogens is 1. The molecule has 6 nitrogen and oxygen atoms in total. The van der Waals surface area contributed by atoms with Gasteiger partial charge in [0.05, 0.1) is 12.7 Å². The van der Waals surface area contributed by atoms with E-state index in [2.05, 4.69) is 5.32 Å². The molecule has 1 saturated heterocycles. The molecule has 1 aliphatic heterocycles. The third-order valence-corrected chi connectivity index (χ3v) is 3.81. The van der Waals surface area contributed by atoms with Gasteiger partial charge in [-0.2, -0.15) is 0 Å². The molecule has 0 bridgehead atoms. The molecular formula is C17H25ClN2O4. The minimum atomic E-state index is -0.424. The fourth-order valence-electron chi connectivity index (χ4n) is 2.53. The molecule has 1 fully saturated rings. The van der Waals surface area contributed by atoms with E-state index in [9.17, 15) is 9.59 Å². The quantitative estimate of drug-likeness (QED) is 0.730. The number of esters is 1. The number of carbonyl (C=O) groups is 2. The molecule has 0 radical (unpaired) electrons. The number of hydrogen-bond donors (Lipinski definition) is 2. The van der Waals surface area contributed by atoms with E-state index in [1.165, 1.54) is 0 Å². The maximum Gasteiger partial charge on any atom is 0.306 e. The summed E-state index contributed by atoms with van der Waals surface area (Å²) in [5.74, 6) is -0.335. The molecule has 1 aromatic carbocycles. The molecule has 7 heteroatoms. The Morgan fingerprint density at radius 1 is 1.29 bits per heavy atom. The zero-order valence-electron chi connectivity index (χ0n) is 13.8. The van der Waals surface area contributed by atoms with Gasteiger partial charge >= 0.3 is 5.97 Å². The monoisotopic (exact) mass is 356 g/mol. The van der Waals surface area contributed by atoms with Crippen molar-refractivity contribution in [2.24, 2.45) is 5.73 Å². The van der Waals surface area contributed by atoms with Crippen molar-refractivity contribution in [1.82, 2.24) is 0 Å². The van der Waals surface area contributed by atoms with Gasteiger partial charge in [-0.05, 0) is 43.9 Å². The van der Waals surface area contributed by atoms with Gasteiger partial charge in [0.15, 0.2) is 0 Å². The van der Waals surface area contributed by atoms with Crippen molar-refractivity contribution >= 4 is 30.0 Å². The predicted octanol–water partition coefficient (Wildman–Crippen LogP) is 2.05. The number of benzene rings is 1. The van der Waals surface area contributed by atoms with Gasteiger partial charge in [0.25, 0.3) is 5.91 Å². The number of aryl methyl sites for hydroxylation is 1. The third kappa shape index (κ3) is 6.11. The highest BCUT2D eigenvalue weighted by Gasteiger charge is 2.29. The molecule has 0 saturated carbocycles. The highest BCUT2D eigenvalue weighted by atomic mass is 35.5. The van der Waals surface area contributed by atoms with Crippen molar-refractivity contribution < 1.29 is 19.1 Å². The minimum absolute atomic E-state index is 0. The molecule has 24 heavy (non-hydrogen) atoms. The fraction of sp³-hybridized carbons (Fsp3) is 0.529. The van der Waals surface area contributed by atoms with Crippen molar-refractivity contribution in [3.63, 3.8) is 0 Å². The van der Waals surface area contributed by atoms with Crippen LogP contribution in [0.25, 0.3) is 0 Å². The normalized spacial score (nSPS) is 19.4. The number of nitrogens with one attached hydrogen (secondary N) is 1. The van der Waals surface area contributed by atoms with E-state index in [0.29, 0.717) is 32.4 Å². The average molecular weight is 357 g/mol. The second-order valence-corrected chi connectivity index (χ2v) is 5.55. The lowest BCUT2D eigenvalue weighted by atomic mass is 10.1. The van der Waals surface area contributed by atoms with Gasteiger partial charge in [-0.1, -0.05) is 12.1 Å². The molecule has 1 aromatic rings. The van der Waals surface area contributed by atoms with Crippen LogP contribution < -0.4 is 11.1 Å². The zero-order chi connectivity index (χ0) is 16.7. The molecule has 1 heterocycles. The van der Waals surface area contributed by atoms with E-state index in [1.54, 1.807) is 6.92 Å². The Hall–Kier alpha value is -1.63. The van der Waals surface area contributed by atoms with Crippen LogP contribution in [0.15, 0.2) is 24.3 Å². The van der Waals surface area contributed by atoms with Crippen LogP contribution in [0, 0.1) is 0 Å². The Morgan fingerprint density at radius 3 is 2.58 bits per heavy atom. The Bertz CT molecular complexity index is 536. The summed E-state index contributed by atoms with van der Waals surface area (Å²) in [6, 6.07) is 7.45. The van der Waals surface area contributed by atoms with E-state index in [0.717, 1.165) is 17.7 Å². The number of nitrogens with two attached hydrogens (primary N) is 1. The first kappa shape index (κ1) is 20.4. The topological polar surface area (TPSA) is 90.7 Å². The van der Waals surface area contributed by atoms with Gasteiger partial charge < -0.3 is 20.5 Å². The standard InChI is InChI=1S/C17H24N2O4.ClH/c1-2-22-16(20)10-5-12-3-6-13(7-4-12)19-17(21)15-9-8-14(11-18)23-15;/h3-4,6-7,14-15H,2,5,8-11,18H2,1H3,(H,19,21);1H/t14-,15+;/m1./s1. The second-order valence-electron chi connectivity index (χ2n) is 5.55. The predicted molar refractivity (Wildman–Crippen MR) is 94.2 cm³/mol. The molecule has 1 aliphatic rings. The first-order valence-corrected chi connectivity index (χ1v) is 8.03. The van der Waals surface area contributed by atoms with Crippen LogP contribution in [0.1, 0.15) is 31.7 Å². The van der Waals surface area contributed by atoms with Crippen molar-refractivity contribution in [2.45, 2.75) is 44.8 Å². The fourth-order valence-corrected chi connectivity index (χ4v) is 2.53. The molecule has 3 N–H and O–H groups in total. The Labute approximate surface area is 148 Å². The number of carbonyl (C=O) groups excluding carboxylic acids is 2. The summed E-state index contributed by atoms with van der Waals surface area (Å²) in [6.45, 7) is 2.64. The van der Waals surface area contributed by atoms with Crippen molar-refractivity contribution in [1.29, 1.82) is 0 Å². The SMILES string of the molecule is CCOC(=O)CCc1ccc(NC(=O)[C@@H]2CC[C@H](CN)O2)cc1.Cl. The van der Waals surface area contributed by atoms with Crippen molar-refractivity contribution in [2.75, 3.05) is 18.5 Å². The Kier molecular flexibility index (Phi) is 8.74. The number of ether oxygens (including phenoxy) is 2. The van der Waals surface area contributed by atoms with Gasteiger partial charge in [-0.3, -0.25) is 9.59 Å². The molecule has 0 spiro atoms. The van der Waals surface area contributed by atoms with Gasteiger partial charge in [0.1, 0.15) is 6.10 Å². The summed E-state index contributed by atoms with van der Waals surface area (Å²) in [5, 5.41) is 2.84. The van der Waals surface area contributed by atoms with E-state index >= 15 is 0 Å². The van der Waals surface area contributed by atoms with Crippen LogP contribution in [0.3, 0.4) is 0 Å². The van der Waals surface area contributed by atoms with Crippen LogP contribution >= 0.6 is 12.4 Å². The van der Waals surface area contributed by atoms with Crippen LogP contribution in [0.5, 0.6) is 0 Å². The summed E-state index contributed by atoms with van der Waals surface area (Å²) < 4.78 is 10.5. The molecule has 2 atom stereocenters. The van der Waals surface area contributed by atoms with Crippen LogP contribution in [-0.2, 0) is 25.5 Å². The van der Waals surface area contributed by atoms with E-state index in [1.807, 2.05) is 24.3 Å². The van der Waals surface area contributed by atoms with Crippen molar-refractivity contribution in [3.8, 4) is 0 Å². The van der Waals surface area contributed by atoms with Gasteiger partial charge in [-0.25, -0.2) is 0 Å². The highest BCUT2D eigenvalue weighted by molar-refractivity contribution is 5.94. The Morgan fingerprint density at radius 2 is 2.00 bits per heavy atom. The highest BCUT2D eigenvalue weighted by Crippen LogP contribution is 2.20. The summed E-state index contributed by atoms with van der Waals surface area (Å²) in [5.41, 5.74) is 7.29. The number of rotatable bonds is 7. The summed E-state index contributed by atoms with van der Waals surface area (Å²) in [6.07, 6.45) is 2.06. The average Bonchev–Trinajstić information content (AvgIpc) is 3.04. The summed E-state index contributed by atoms with van der Waals surface area (Å²) >= 11 is 0. The number of amides is 1. The van der Waals surface area contributed by atoms with Crippen LogP contribution in [-0.4, -0.2) is 37.2 Å². The lowest BCUT2D eigenvalue weighted by molar-refractivity contribution is -0.143. The van der Waals surface area contributed by atoms with E-state index < -0.39 is 6.10 Å². The lowest BCUT2D eigenvalue weighted by Crippen LogP contribution is -2.29. The zero-order valence-corrected chi connectivity index (χ0v) is 14.6. The number of anilines is 1. The number of hydrogen-bond acceptors (Lipinski definition) is 5. The lowest BCUT2D eigenvalue weighted by Gasteiger charge is -2.13. The Balaban J connectivity index is 0.00000288. The van der Waals surface area contributed by atoms with Crippen LogP contribution in [0.4, 0.5) is 5.69 Å². The molecule has 0 unspecified atom stereocenters. The summed E-state index contributed by atoms with van der Waals surface area (Å²) in [4.78, 5) is 23.4. The molecule has 134 valence electrons. The maximum absolute atomic E-state index is 12.1. The van der Waals surface area contributed by atoms with Gasteiger partial charge in [0, 0.05) is 18.7 Å². The molecular weight excluding hydrogens is 332 g/mol. The van der Waals surface area contributed by atoms with E-state index in [-0.39, 0.29) is 30.4 Å². The molecule has 0 aromatic heterocycles. The largest absolute Gasteiger partial charge is 0.466 e. The third-order valence-electron chi connectivity index (χ3n) is 3.81. The molecule has 2 rings (SSSR count). The van der Waals surface area contributed by atoms with Gasteiger partial charge in [0.2, 0.25) is 0 Å².